The monoisotopic (exact) mass is 371 g/mol. The Kier molecular flexibility index (Phi) is 5.36. The number of hydrogen-bond acceptors (Lipinski definition) is 8. The van der Waals surface area contributed by atoms with Crippen LogP contribution in [0.4, 0.5) is 11.8 Å². The van der Waals surface area contributed by atoms with Crippen molar-refractivity contribution in [2.24, 2.45) is 0 Å². The van der Waals surface area contributed by atoms with Gasteiger partial charge in [-0.3, -0.25) is 4.90 Å². The number of hydrogen-bond donors (Lipinski definition) is 2. The van der Waals surface area contributed by atoms with Gasteiger partial charge in [-0.15, -0.1) is 0 Å². The van der Waals surface area contributed by atoms with Gasteiger partial charge in [0.05, 0.1) is 33.1 Å². The smallest absolute Gasteiger partial charge is 0.222 e. The number of ether oxygens (including phenoxy) is 3. The summed E-state index contributed by atoms with van der Waals surface area (Å²) in [5.74, 6) is 2.50. The molecule has 2 aromatic rings. The number of nitrogens with two attached hydrogens (primary N) is 2. The van der Waals surface area contributed by atoms with Gasteiger partial charge >= 0.3 is 0 Å². The molecule has 0 aliphatic carbocycles. The van der Waals surface area contributed by atoms with Crippen molar-refractivity contribution < 1.29 is 14.2 Å². The van der Waals surface area contributed by atoms with Gasteiger partial charge in [-0.25, -0.2) is 4.98 Å². The molecule has 8 heteroatoms. The Bertz CT molecular complexity index is 844. The second kappa shape index (κ2) is 7.71. The van der Waals surface area contributed by atoms with Gasteiger partial charge in [0, 0.05) is 18.7 Å². The zero-order valence-corrected chi connectivity index (χ0v) is 16.0. The first-order valence-corrected chi connectivity index (χ1v) is 8.60. The zero-order chi connectivity index (χ0) is 19.6. The molecular weight excluding hydrogens is 346 g/mol. The van der Waals surface area contributed by atoms with E-state index in [0.717, 1.165) is 23.4 Å². The predicted molar refractivity (Wildman–Crippen MR) is 105 cm³/mol. The molecule has 1 aliphatic heterocycles. The van der Waals surface area contributed by atoms with Crippen molar-refractivity contribution in [3.8, 4) is 17.2 Å². The molecule has 1 aromatic heterocycles. The maximum absolute atomic E-state index is 5.99. The Morgan fingerprint density at radius 2 is 1.78 bits per heavy atom. The summed E-state index contributed by atoms with van der Waals surface area (Å²) < 4.78 is 16.1. The molecule has 2 heterocycles. The van der Waals surface area contributed by atoms with Crippen LogP contribution in [0.5, 0.6) is 17.2 Å². The third-order valence-corrected chi connectivity index (χ3v) is 4.73. The van der Waals surface area contributed by atoms with E-state index in [2.05, 4.69) is 27.9 Å². The van der Waals surface area contributed by atoms with E-state index < -0.39 is 0 Å². The fourth-order valence-electron chi connectivity index (χ4n) is 3.30. The van der Waals surface area contributed by atoms with Crippen LogP contribution in [0.25, 0.3) is 6.08 Å². The fraction of sp³-hybridized carbons (Fsp3) is 0.368. The van der Waals surface area contributed by atoms with Gasteiger partial charge in [-0.05, 0) is 24.6 Å². The summed E-state index contributed by atoms with van der Waals surface area (Å²) in [6, 6.07) is 3.94. The standard InChI is InChI=1S/C19H25N5O3/c1-11-16-13(18(20)23-19(21)22-16)10-24(11)7-5-6-12-8-14(25-2)17(27-4)15(9-12)26-3/h5-6,8-9,11H,7,10H2,1-4H3,(H4,20,21,22,23)/b6-5+. The van der Waals surface area contributed by atoms with Gasteiger partial charge in [-0.1, -0.05) is 12.2 Å². The predicted octanol–water partition coefficient (Wildman–Crippen LogP) is 2.26. The summed E-state index contributed by atoms with van der Waals surface area (Å²) >= 11 is 0. The molecule has 1 aromatic carbocycles. The second-order valence-electron chi connectivity index (χ2n) is 6.30. The molecular formula is C19H25N5O3. The van der Waals surface area contributed by atoms with E-state index in [0.29, 0.717) is 29.6 Å². The van der Waals surface area contributed by atoms with E-state index in [1.54, 1.807) is 21.3 Å². The van der Waals surface area contributed by atoms with E-state index >= 15 is 0 Å². The van der Waals surface area contributed by atoms with Gasteiger partial charge < -0.3 is 25.7 Å². The number of fused-ring (bicyclic) bond motifs is 1. The number of methoxy groups -OCH3 is 3. The molecule has 1 aliphatic rings. The van der Waals surface area contributed by atoms with Crippen LogP contribution in [0.1, 0.15) is 29.8 Å². The minimum atomic E-state index is 0.122. The Morgan fingerprint density at radius 1 is 1.11 bits per heavy atom. The van der Waals surface area contributed by atoms with Crippen LogP contribution in [0.15, 0.2) is 18.2 Å². The van der Waals surface area contributed by atoms with Gasteiger partial charge in [0.15, 0.2) is 11.5 Å². The molecule has 0 fully saturated rings. The zero-order valence-electron chi connectivity index (χ0n) is 16.0. The maximum Gasteiger partial charge on any atom is 0.222 e. The SMILES string of the molecule is COc1cc(/C=C/CN2Cc3c(N)nc(N)nc3C2C)cc(OC)c1OC. The van der Waals surface area contributed by atoms with Gasteiger partial charge in [0.2, 0.25) is 11.7 Å². The molecule has 3 rings (SSSR count). The highest BCUT2D eigenvalue weighted by atomic mass is 16.5. The van der Waals surface area contributed by atoms with E-state index in [9.17, 15) is 0 Å². The highest BCUT2D eigenvalue weighted by Crippen LogP contribution is 2.39. The lowest BCUT2D eigenvalue weighted by molar-refractivity contribution is 0.254. The van der Waals surface area contributed by atoms with Gasteiger partial charge in [0.25, 0.3) is 0 Å². The molecule has 144 valence electrons. The van der Waals surface area contributed by atoms with Crippen molar-refractivity contribution in [3.63, 3.8) is 0 Å². The molecule has 27 heavy (non-hydrogen) atoms. The number of rotatable bonds is 6. The molecule has 1 atom stereocenters. The van der Waals surface area contributed by atoms with Crippen LogP contribution in [0, 0.1) is 0 Å². The molecule has 0 bridgehead atoms. The van der Waals surface area contributed by atoms with Gasteiger partial charge in [0.1, 0.15) is 5.82 Å². The van der Waals surface area contributed by atoms with Crippen LogP contribution < -0.4 is 25.7 Å². The molecule has 8 nitrogen and oxygen atoms in total. The van der Waals surface area contributed by atoms with E-state index in [-0.39, 0.29) is 12.0 Å². The number of nitrogens with zero attached hydrogens (tertiary/aromatic N) is 3. The van der Waals surface area contributed by atoms with Crippen LogP contribution >= 0.6 is 0 Å². The van der Waals surface area contributed by atoms with Crippen molar-refractivity contribution in [2.75, 3.05) is 39.3 Å². The Morgan fingerprint density at radius 3 is 2.37 bits per heavy atom. The molecule has 0 amide bonds. The number of aromatic nitrogens is 2. The largest absolute Gasteiger partial charge is 0.493 e. The first-order chi connectivity index (χ1) is 13.0. The van der Waals surface area contributed by atoms with E-state index in [4.69, 9.17) is 25.7 Å². The molecule has 0 radical (unpaired) electrons. The van der Waals surface area contributed by atoms with Crippen LogP contribution in [-0.4, -0.2) is 42.7 Å². The molecule has 4 N–H and O–H groups in total. The molecule has 0 spiro atoms. The lowest BCUT2D eigenvalue weighted by Crippen LogP contribution is -2.20. The highest BCUT2D eigenvalue weighted by Gasteiger charge is 2.30. The minimum absolute atomic E-state index is 0.122. The molecule has 1 unspecified atom stereocenters. The van der Waals surface area contributed by atoms with Crippen molar-refractivity contribution in [1.82, 2.24) is 14.9 Å². The summed E-state index contributed by atoms with van der Waals surface area (Å²) in [4.78, 5) is 10.7. The Hall–Kier alpha value is -3.00. The summed E-state index contributed by atoms with van der Waals surface area (Å²) in [5.41, 5.74) is 14.5. The summed E-state index contributed by atoms with van der Waals surface area (Å²) in [6.45, 7) is 3.51. The number of anilines is 2. The van der Waals surface area contributed by atoms with Gasteiger partial charge in [-0.2, -0.15) is 4.98 Å². The highest BCUT2D eigenvalue weighted by molar-refractivity contribution is 5.62. The Balaban J connectivity index is 1.76. The maximum atomic E-state index is 5.99. The van der Waals surface area contributed by atoms with Crippen molar-refractivity contribution in [2.45, 2.75) is 19.5 Å². The number of benzene rings is 1. The van der Waals surface area contributed by atoms with E-state index in [1.807, 2.05) is 18.2 Å². The lowest BCUT2D eigenvalue weighted by atomic mass is 10.1. The minimum Gasteiger partial charge on any atom is -0.493 e. The second-order valence-corrected chi connectivity index (χ2v) is 6.30. The quantitative estimate of drug-likeness (QED) is 0.796. The average molecular weight is 371 g/mol. The van der Waals surface area contributed by atoms with Crippen LogP contribution in [-0.2, 0) is 6.54 Å². The molecule has 0 saturated carbocycles. The van der Waals surface area contributed by atoms with E-state index in [1.165, 1.54) is 0 Å². The molecule has 0 saturated heterocycles. The van der Waals surface area contributed by atoms with Crippen molar-refractivity contribution >= 4 is 17.8 Å². The first kappa shape index (κ1) is 18.8. The lowest BCUT2D eigenvalue weighted by Gasteiger charge is -2.18. The summed E-state index contributed by atoms with van der Waals surface area (Å²) in [5, 5.41) is 0. The van der Waals surface area contributed by atoms with Crippen LogP contribution in [0.2, 0.25) is 0 Å². The average Bonchev–Trinajstić information content (AvgIpc) is 2.97. The van der Waals surface area contributed by atoms with Crippen molar-refractivity contribution in [1.29, 1.82) is 0 Å². The van der Waals surface area contributed by atoms with Crippen LogP contribution in [0.3, 0.4) is 0 Å². The van der Waals surface area contributed by atoms with Crippen molar-refractivity contribution in [3.05, 3.63) is 35.0 Å². The summed E-state index contributed by atoms with van der Waals surface area (Å²) in [7, 11) is 4.79. The third-order valence-electron chi connectivity index (χ3n) is 4.73. The summed E-state index contributed by atoms with van der Waals surface area (Å²) in [6.07, 6.45) is 4.10. The normalized spacial score (nSPS) is 16.5. The fourth-order valence-corrected chi connectivity index (χ4v) is 3.30. The topological polar surface area (TPSA) is 109 Å². The third kappa shape index (κ3) is 3.61. The Labute approximate surface area is 158 Å². The number of nitrogen functional groups attached to an aromatic ring is 2. The first-order valence-electron chi connectivity index (χ1n) is 8.60.